The van der Waals surface area contributed by atoms with Gasteiger partial charge in [0.15, 0.2) is 0 Å². The van der Waals surface area contributed by atoms with Crippen LogP contribution in [0.5, 0.6) is 0 Å². The molecule has 9 nitrogen and oxygen atoms in total. The molecule has 1 aliphatic rings. The second kappa shape index (κ2) is 10.1. The molecule has 0 radical (unpaired) electrons. The quantitative estimate of drug-likeness (QED) is 0.455. The minimum atomic E-state index is -3.80. The monoisotopic (exact) mass is 427 g/mol. The van der Waals surface area contributed by atoms with Crippen molar-refractivity contribution in [2.45, 2.75) is 31.4 Å². The molecular weight excluding hydrogens is 396 g/mol. The van der Waals surface area contributed by atoms with E-state index in [0.717, 1.165) is 10.5 Å². The molecule has 0 spiro atoms. The number of carbonyl (C=O) groups is 2. The molecule has 162 valence electrons. The van der Waals surface area contributed by atoms with Gasteiger partial charge in [-0.2, -0.15) is 4.31 Å². The molecule has 1 aromatic carbocycles. The summed E-state index contributed by atoms with van der Waals surface area (Å²) in [5.74, 6) is -1.55. The Morgan fingerprint density at radius 1 is 1.21 bits per heavy atom. The minimum Gasteiger partial charge on any atom is -0.360 e. The number of hydrogen-bond acceptors (Lipinski definition) is 5. The lowest BCUT2D eigenvalue weighted by Gasteiger charge is -2.35. The zero-order chi connectivity index (χ0) is 21.6. The van der Waals surface area contributed by atoms with Gasteiger partial charge < -0.3 is 20.3 Å². The van der Waals surface area contributed by atoms with E-state index in [-0.39, 0.29) is 18.0 Å². The van der Waals surface area contributed by atoms with Crippen LogP contribution in [0.1, 0.15) is 17.5 Å². The summed E-state index contributed by atoms with van der Waals surface area (Å²) >= 11 is 0. The van der Waals surface area contributed by atoms with E-state index in [9.17, 15) is 18.0 Å². The third-order valence-corrected chi connectivity index (χ3v) is 6.67. The Morgan fingerprint density at radius 2 is 1.90 bits per heavy atom. The molecule has 0 unspecified atom stereocenters. The fraction of sp³-hybridized carbons (Fsp3) is 0.579. The maximum absolute atomic E-state index is 13.2. The van der Waals surface area contributed by atoms with Crippen molar-refractivity contribution in [3.8, 4) is 0 Å². The predicted molar refractivity (Wildman–Crippen MR) is 108 cm³/mol. The molecule has 0 aliphatic carbocycles. The van der Waals surface area contributed by atoms with Gasteiger partial charge in [-0.1, -0.05) is 12.1 Å². The lowest BCUT2D eigenvalue weighted by Crippen LogP contribution is -3.06. The number of aryl methyl sites for hydroxylation is 2. The third kappa shape index (κ3) is 6.23. The van der Waals surface area contributed by atoms with E-state index in [1.807, 2.05) is 27.1 Å². The minimum absolute atomic E-state index is 0.102. The molecule has 1 saturated heterocycles. The van der Waals surface area contributed by atoms with Crippen molar-refractivity contribution >= 4 is 21.8 Å². The van der Waals surface area contributed by atoms with Gasteiger partial charge in [-0.3, -0.25) is 9.59 Å². The van der Waals surface area contributed by atoms with Crippen molar-refractivity contribution in [1.29, 1.82) is 0 Å². The van der Waals surface area contributed by atoms with Crippen LogP contribution < -0.4 is 15.5 Å². The molecule has 1 fully saturated rings. The lowest BCUT2D eigenvalue weighted by molar-refractivity contribution is -0.856. The van der Waals surface area contributed by atoms with Crippen molar-refractivity contribution in [1.82, 2.24) is 14.9 Å². The smallest absolute Gasteiger partial charge is 0.309 e. The number of hydrogen-bond donors (Lipinski definition) is 3. The van der Waals surface area contributed by atoms with Crippen LogP contribution in [-0.4, -0.2) is 77.6 Å². The highest BCUT2D eigenvalue weighted by molar-refractivity contribution is 7.89. The number of ether oxygens (including phenoxy) is 1. The number of rotatable bonds is 7. The Labute approximate surface area is 172 Å². The maximum atomic E-state index is 13.2. The van der Waals surface area contributed by atoms with Gasteiger partial charge in [0, 0.05) is 6.54 Å². The molecule has 0 bridgehead atoms. The van der Waals surface area contributed by atoms with Crippen LogP contribution in [0.2, 0.25) is 0 Å². The van der Waals surface area contributed by atoms with E-state index in [2.05, 4.69) is 10.6 Å². The van der Waals surface area contributed by atoms with Gasteiger partial charge in [-0.25, -0.2) is 8.42 Å². The average molecular weight is 428 g/mol. The largest absolute Gasteiger partial charge is 0.360 e. The topological polar surface area (TPSA) is 109 Å². The second-order valence-electron chi connectivity index (χ2n) is 7.49. The number of nitrogens with zero attached hydrogens (tertiary/aromatic N) is 1. The molecule has 10 heteroatoms. The zero-order valence-electron chi connectivity index (χ0n) is 17.4. The fourth-order valence-electron chi connectivity index (χ4n) is 2.98. The van der Waals surface area contributed by atoms with Crippen LogP contribution in [-0.2, 0) is 24.3 Å². The number of amides is 2. The van der Waals surface area contributed by atoms with Gasteiger partial charge in [-0.15, -0.1) is 0 Å². The third-order valence-electron chi connectivity index (χ3n) is 4.64. The summed E-state index contributed by atoms with van der Waals surface area (Å²) in [6.45, 7) is 5.21. The molecule has 1 heterocycles. The first kappa shape index (κ1) is 23.3. The average Bonchev–Trinajstić information content (AvgIpc) is 2.67. The van der Waals surface area contributed by atoms with Crippen LogP contribution in [0.15, 0.2) is 23.1 Å². The number of likely N-dealkylation sites (N-methyl/N-ethyl adjacent to an activating group) is 1. The van der Waals surface area contributed by atoms with Crippen molar-refractivity contribution in [2.75, 3.05) is 46.9 Å². The summed E-state index contributed by atoms with van der Waals surface area (Å²) in [4.78, 5) is 25.3. The Hall–Kier alpha value is -2.01. The molecule has 0 aromatic heterocycles. The van der Waals surface area contributed by atoms with Crippen molar-refractivity contribution < 1.29 is 27.6 Å². The molecule has 1 aliphatic heterocycles. The van der Waals surface area contributed by atoms with Gasteiger partial charge >= 0.3 is 11.8 Å². The van der Waals surface area contributed by atoms with Crippen LogP contribution in [0.4, 0.5) is 0 Å². The number of nitrogens with one attached hydrogen (secondary N) is 3. The van der Waals surface area contributed by atoms with E-state index in [0.29, 0.717) is 31.7 Å². The first-order valence-corrected chi connectivity index (χ1v) is 11.1. The van der Waals surface area contributed by atoms with Crippen molar-refractivity contribution in [3.63, 3.8) is 0 Å². The van der Waals surface area contributed by atoms with Crippen molar-refractivity contribution in [3.05, 3.63) is 29.3 Å². The van der Waals surface area contributed by atoms with Crippen LogP contribution in [0, 0.1) is 13.8 Å². The van der Waals surface area contributed by atoms with Gasteiger partial charge in [0.1, 0.15) is 6.23 Å². The summed E-state index contributed by atoms with van der Waals surface area (Å²) in [7, 11) is 0.0816. The Morgan fingerprint density at radius 3 is 2.59 bits per heavy atom. The SMILES string of the molecule is Cc1ccc(C)c(S(=O)(=O)N2CCCO[C@@H]2CNC(=O)C(=O)NCC[NH+](C)C)c1. The van der Waals surface area contributed by atoms with Gasteiger partial charge in [0.25, 0.3) is 0 Å². The molecule has 2 rings (SSSR count). The predicted octanol–water partition coefficient (Wildman–Crippen LogP) is -1.58. The standard InChI is InChI=1S/C19H30N4O5S/c1-14-6-7-15(2)16(12-14)29(26,27)23-9-5-11-28-17(23)13-21-19(25)18(24)20-8-10-22(3)4/h6-7,12,17H,5,8-11,13H2,1-4H3,(H,20,24)(H,21,25)/p+1/t17-/m1/s1. The highest BCUT2D eigenvalue weighted by Gasteiger charge is 2.35. The molecule has 1 atom stereocenters. The first-order valence-electron chi connectivity index (χ1n) is 9.68. The zero-order valence-corrected chi connectivity index (χ0v) is 18.3. The Kier molecular flexibility index (Phi) is 8.14. The van der Waals surface area contributed by atoms with E-state index in [4.69, 9.17) is 4.74 Å². The normalized spacial score (nSPS) is 17.9. The summed E-state index contributed by atoms with van der Waals surface area (Å²) in [5.41, 5.74) is 1.49. The Bertz CT molecular complexity index is 841. The van der Waals surface area contributed by atoms with Crippen LogP contribution in [0.25, 0.3) is 0 Å². The number of carbonyl (C=O) groups excluding carboxylic acids is 2. The molecule has 3 N–H and O–H groups in total. The highest BCUT2D eigenvalue weighted by atomic mass is 32.2. The maximum Gasteiger partial charge on any atom is 0.309 e. The molecule has 2 amide bonds. The van der Waals surface area contributed by atoms with E-state index in [1.165, 1.54) is 4.31 Å². The van der Waals surface area contributed by atoms with E-state index < -0.39 is 28.1 Å². The summed E-state index contributed by atoms with van der Waals surface area (Å²) in [5, 5.41) is 5.02. The first-order chi connectivity index (χ1) is 13.6. The van der Waals surface area contributed by atoms with Gasteiger partial charge in [0.05, 0.1) is 45.2 Å². The summed E-state index contributed by atoms with van der Waals surface area (Å²) in [6, 6.07) is 5.26. The molecule has 29 heavy (non-hydrogen) atoms. The van der Waals surface area contributed by atoms with E-state index in [1.54, 1.807) is 19.1 Å². The summed E-state index contributed by atoms with van der Waals surface area (Å²) < 4.78 is 33.3. The summed E-state index contributed by atoms with van der Waals surface area (Å²) in [6.07, 6.45) is -0.307. The Balaban J connectivity index is 2.05. The number of quaternary nitrogens is 1. The van der Waals surface area contributed by atoms with Crippen molar-refractivity contribution in [2.24, 2.45) is 0 Å². The molecular formula is C19H31N4O5S+. The van der Waals surface area contributed by atoms with Crippen LogP contribution in [0.3, 0.4) is 0 Å². The highest BCUT2D eigenvalue weighted by Crippen LogP contribution is 2.25. The molecule has 1 aromatic rings. The fourth-order valence-corrected chi connectivity index (χ4v) is 4.86. The number of benzene rings is 1. The van der Waals surface area contributed by atoms with E-state index >= 15 is 0 Å². The second-order valence-corrected chi connectivity index (χ2v) is 9.35. The van der Waals surface area contributed by atoms with Crippen LogP contribution >= 0.6 is 0 Å². The van der Waals surface area contributed by atoms with Gasteiger partial charge in [0.2, 0.25) is 10.0 Å². The lowest BCUT2D eigenvalue weighted by atomic mass is 10.2. The molecule has 0 saturated carbocycles. The number of sulfonamides is 1. The van der Waals surface area contributed by atoms with Gasteiger partial charge in [-0.05, 0) is 37.5 Å².